The van der Waals surface area contributed by atoms with Gasteiger partial charge in [0.2, 0.25) is 0 Å². The first kappa shape index (κ1) is 12.3. The number of halogens is 1. The number of anilines is 1. The van der Waals surface area contributed by atoms with Crippen LogP contribution in [0.15, 0.2) is 55.4 Å². The SMILES string of the molecule is C=C(c1ccccc1)c1ccncc1N.Cl. The number of nitrogen functional groups attached to an aromatic ring is 1. The van der Waals surface area contributed by atoms with Crippen molar-refractivity contribution in [2.75, 3.05) is 5.73 Å². The van der Waals surface area contributed by atoms with Crippen LogP contribution in [-0.4, -0.2) is 4.98 Å². The minimum Gasteiger partial charge on any atom is -0.397 e. The predicted molar refractivity (Wildman–Crippen MR) is 70.5 cm³/mol. The van der Waals surface area contributed by atoms with Gasteiger partial charge in [0, 0.05) is 11.8 Å². The summed E-state index contributed by atoms with van der Waals surface area (Å²) in [7, 11) is 0. The molecule has 0 unspecified atom stereocenters. The van der Waals surface area contributed by atoms with Crippen LogP contribution in [-0.2, 0) is 0 Å². The summed E-state index contributed by atoms with van der Waals surface area (Å²) >= 11 is 0. The minimum absolute atomic E-state index is 0. The number of hydrogen-bond acceptors (Lipinski definition) is 2. The van der Waals surface area contributed by atoms with E-state index >= 15 is 0 Å². The van der Waals surface area contributed by atoms with E-state index in [1.165, 1.54) is 0 Å². The molecule has 0 bridgehead atoms. The maximum atomic E-state index is 5.84. The Morgan fingerprint density at radius 2 is 1.81 bits per heavy atom. The zero-order valence-corrected chi connectivity index (χ0v) is 9.58. The van der Waals surface area contributed by atoms with Gasteiger partial charge in [-0.1, -0.05) is 36.9 Å². The molecular weight excluding hydrogens is 220 g/mol. The Hall–Kier alpha value is -1.80. The van der Waals surface area contributed by atoms with E-state index in [1.54, 1.807) is 12.4 Å². The third kappa shape index (κ3) is 2.41. The lowest BCUT2D eigenvalue weighted by atomic mass is 10.00. The second-order valence-corrected chi connectivity index (χ2v) is 3.31. The molecule has 0 aliphatic carbocycles. The molecule has 0 amide bonds. The van der Waals surface area contributed by atoms with Crippen molar-refractivity contribution in [3.63, 3.8) is 0 Å². The van der Waals surface area contributed by atoms with Crippen molar-refractivity contribution in [2.24, 2.45) is 0 Å². The topological polar surface area (TPSA) is 38.9 Å². The van der Waals surface area contributed by atoms with Gasteiger partial charge in [0.15, 0.2) is 0 Å². The van der Waals surface area contributed by atoms with Gasteiger partial charge in [-0.2, -0.15) is 0 Å². The first-order valence-electron chi connectivity index (χ1n) is 4.73. The lowest BCUT2D eigenvalue weighted by molar-refractivity contribution is 1.32. The summed E-state index contributed by atoms with van der Waals surface area (Å²) in [5.41, 5.74) is 9.44. The van der Waals surface area contributed by atoms with E-state index in [9.17, 15) is 0 Å². The van der Waals surface area contributed by atoms with E-state index < -0.39 is 0 Å². The molecule has 2 aromatic rings. The van der Waals surface area contributed by atoms with Gasteiger partial charge in [0.1, 0.15) is 0 Å². The fourth-order valence-electron chi connectivity index (χ4n) is 1.48. The first-order chi connectivity index (χ1) is 7.29. The largest absolute Gasteiger partial charge is 0.397 e. The molecule has 2 rings (SSSR count). The monoisotopic (exact) mass is 232 g/mol. The van der Waals surface area contributed by atoms with Crippen molar-refractivity contribution in [1.29, 1.82) is 0 Å². The van der Waals surface area contributed by atoms with Crippen LogP contribution in [0.5, 0.6) is 0 Å². The summed E-state index contributed by atoms with van der Waals surface area (Å²) in [6.07, 6.45) is 3.36. The second kappa shape index (κ2) is 5.33. The van der Waals surface area contributed by atoms with Crippen molar-refractivity contribution in [3.05, 3.63) is 66.5 Å². The number of benzene rings is 1. The van der Waals surface area contributed by atoms with E-state index in [1.807, 2.05) is 36.4 Å². The van der Waals surface area contributed by atoms with Crippen LogP contribution in [0.4, 0.5) is 5.69 Å². The number of aromatic nitrogens is 1. The number of rotatable bonds is 2. The van der Waals surface area contributed by atoms with Crippen LogP contribution in [0, 0.1) is 0 Å². The van der Waals surface area contributed by atoms with Gasteiger partial charge in [0.05, 0.1) is 11.9 Å². The highest BCUT2D eigenvalue weighted by molar-refractivity contribution is 5.85. The highest BCUT2D eigenvalue weighted by atomic mass is 35.5. The summed E-state index contributed by atoms with van der Waals surface area (Å²) in [4.78, 5) is 3.95. The zero-order valence-electron chi connectivity index (χ0n) is 8.76. The molecule has 0 aliphatic heterocycles. The maximum Gasteiger partial charge on any atom is 0.0580 e. The molecule has 0 spiro atoms. The Labute approximate surface area is 101 Å². The Morgan fingerprint density at radius 1 is 1.12 bits per heavy atom. The molecule has 3 heteroatoms. The third-order valence-electron chi connectivity index (χ3n) is 2.30. The molecule has 82 valence electrons. The molecule has 0 atom stereocenters. The van der Waals surface area contributed by atoms with E-state index in [4.69, 9.17) is 5.73 Å². The summed E-state index contributed by atoms with van der Waals surface area (Å²) in [6.45, 7) is 4.05. The second-order valence-electron chi connectivity index (χ2n) is 3.31. The quantitative estimate of drug-likeness (QED) is 0.864. The van der Waals surface area contributed by atoms with Gasteiger partial charge in [0.25, 0.3) is 0 Å². The summed E-state index contributed by atoms with van der Waals surface area (Å²) < 4.78 is 0. The zero-order chi connectivity index (χ0) is 10.7. The molecule has 1 aromatic heterocycles. The van der Waals surface area contributed by atoms with Crippen molar-refractivity contribution in [2.45, 2.75) is 0 Å². The Morgan fingerprint density at radius 3 is 2.44 bits per heavy atom. The lowest BCUT2D eigenvalue weighted by Crippen LogP contribution is -1.94. The van der Waals surface area contributed by atoms with Crippen LogP contribution in [0.2, 0.25) is 0 Å². The number of hydrogen-bond donors (Lipinski definition) is 1. The van der Waals surface area contributed by atoms with Crippen LogP contribution in [0.1, 0.15) is 11.1 Å². The average molecular weight is 233 g/mol. The van der Waals surface area contributed by atoms with Gasteiger partial charge in [-0.15, -0.1) is 12.4 Å². The molecule has 1 heterocycles. The van der Waals surface area contributed by atoms with Crippen molar-refractivity contribution in [1.82, 2.24) is 4.98 Å². The first-order valence-corrected chi connectivity index (χ1v) is 4.73. The van der Waals surface area contributed by atoms with E-state index in [0.29, 0.717) is 5.69 Å². The Bertz CT molecular complexity index is 480. The van der Waals surface area contributed by atoms with Crippen molar-refractivity contribution >= 4 is 23.7 Å². The normalized spacial score (nSPS) is 9.25. The number of pyridine rings is 1. The van der Waals surface area contributed by atoms with Crippen LogP contribution in [0.3, 0.4) is 0 Å². The summed E-state index contributed by atoms with van der Waals surface area (Å²) in [6, 6.07) is 11.9. The third-order valence-corrected chi connectivity index (χ3v) is 2.30. The molecule has 0 aliphatic rings. The van der Waals surface area contributed by atoms with Crippen LogP contribution >= 0.6 is 12.4 Å². The molecule has 1 aromatic carbocycles. The molecule has 16 heavy (non-hydrogen) atoms. The smallest absolute Gasteiger partial charge is 0.0580 e. The highest BCUT2D eigenvalue weighted by Crippen LogP contribution is 2.24. The fourth-order valence-corrected chi connectivity index (χ4v) is 1.48. The van der Waals surface area contributed by atoms with E-state index in [0.717, 1.165) is 16.7 Å². The molecule has 0 saturated carbocycles. The number of nitrogens with two attached hydrogens (primary N) is 1. The van der Waals surface area contributed by atoms with Crippen molar-refractivity contribution < 1.29 is 0 Å². The molecule has 2 N–H and O–H groups in total. The summed E-state index contributed by atoms with van der Waals surface area (Å²) in [5, 5.41) is 0. The minimum atomic E-state index is 0. The Balaban J connectivity index is 0.00000128. The number of nitrogens with zero attached hydrogens (tertiary/aromatic N) is 1. The fraction of sp³-hybridized carbons (Fsp3) is 0. The van der Waals surface area contributed by atoms with Gasteiger partial charge in [-0.25, -0.2) is 0 Å². The van der Waals surface area contributed by atoms with Gasteiger partial charge >= 0.3 is 0 Å². The van der Waals surface area contributed by atoms with Crippen LogP contribution < -0.4 is 5.73 Å². The molecule has 2 nitrogen and oxygen atoms in total. The molecule has 0 radical (unpaired) electrons. The van der Waals surface area contributed by atoms with E-state index in [-0.39, 0.29) is 12.4 Å². The predicted octanol–water partition coefficient (Wildman–Crippen LogP) is 3.15. The highest BCUT2D eigenvalue weighted by Gasteiger charge is 2.04. The van der Waals surface area contributed by atoms with Gasteiger partial charge in [-0.05, 0) is 17.2 Å². The summed E-state index contributed by atoms with van der Waals surface area (Å²) in [5.74, 6) is 0. The average Bonchev–Trinajstić information content (AvgIpc) is 2.30. The van der Waals surface area contributed by atoms with Crippen molar-refractivity contribution in [3.8, 4) is 0 Å². The molecule has 0 fully saturated rings. The van der Waals surface area contributed by atoms with Crippen LogP contribution in [0.25, 0.3) is 5.57 Å². The molecular formula is C13H13ClN2. The van der Waals surface area contributed by atoms with E-state index in [2.05, 4.69) is 11.6 Å². The Kier molecular flexibility index (Phi) is 4.09. The van der Waals surface area contributed by atoms with Gasteiger partial charge in [-0.3, -0.25) is 4.98 Å². The standard InChI is InChI=1S/C13H12N2.ClH/c1-10(11-5-3-2-4-6-11)12-7-8-15-9-13(12)14;/h2-9H,1,14H2;1H. The molecule has 0 saturated heterocycles. The maximum absolute atomic E-state index is 5.84. The lowest BCUT2D eigenvalue weighted by Gasteiger charge is -2.08. The van der Waals surface area contributed by atoms with Gasteiger partial charge < -0.3 is 5.73 Å².